The van der Waals surface area contributed by atoms with E-state index in [0.717, 1.165) is 34.1 Å². The van der Waals surface area contributed by atoms with Gasteiger partial charge in [-0.2, -0.15) is 0 Å². The number of nitrogens with zero attached hydrogens (tertiary/aromatic N) is 3. The fourth-order valence-electron chi connectivity index (χ4n) is 2.69. The molecule has 134 valence electrons. The van der Waals surface area contributed by atoms with Crippen LogP contribution in [-0.2, 0) is 6.54 Å². The van der Waals surface area contributed by atoms with E-state index in [9.17, 15) is 9.59 Å². The SMILES string of the molecule is Cc1nc(-c2cccs2)sc1C(=O)NCCn1cnc(C2CC2)cc1=O. The van der Waals surface area contributed by atoms with E-state index in [4.69, 9.17) is 0 Å². The molecule has 4 rings (SSSR count). The Hall–Kier alpha value is -2.32. The van der Waals surface area contributed by atoms with Crippen molar-refractivity contribution in [2.24, 2.45) is 0 Å². The summed E-state index contributed by atoms with van der Waals surface area (Å²) < 4.78 is 1.53. The maximum Gasteiger partial charge on any atom is 0.263 e. The highest BCUT2D eigenvalue weighted by atomic mass is 32.1. The van der Waals surface area contributed by atoms with Crippen molar-refractivity contribution in [2.75, 3.05) is 6.54 Å². The molecule has 0 bridgehead atoms. The molecule has 6 nitrogen and oxygen atoms in total. The van der Waals surface area contributed by atoms with E-state index < -0.39 is 0 Å². The van der Waals surface area contributed by atoms with Crippen LogP contribution in [0.2, 0.25) is 0 Å². The Bertz CT molecular complexity index is 987. The first kappa shape index (κ1) is 17.1. The Balaban J connectivity index is 1.38. The molecule has 0 atom stereocenters. The lowest BCUT2D eigenvalue weighted by molar-refractivity contribution is 0.0955. The Labute approximate surface area is 158 Å². The lowest BCUT2D eigenvalue weighted by Gasteiger charge is -2.07. The summed E-state index contributed by atoms with van der Waals surface area (Å²) in [5, 5.41) is 5.72. The van der Waals surface area contributed by atoms with Crippen molar-refractivity contribution in [3.63, 3.8) is 0 Å². The van der Waals surface area contributed by atoms with E-state index in [0.29, 0.717) is 23.9 Å². The zero-order chi connectivity index (χ0) is 18.1. The summed E-state index contributed by atoms with van der Waals surface area (Å²) in [6.45, 7) is 2.61. The molecule has 1 aliphatic carbocycles. The van der Waals surface area contributed by atoms with Crippen LogP contribution in [-0.4, -0.2) is 27.0 Å². The number of thiophene rings is 1. The lowest BCUT2D eigenvalue weighted by atomic mass is 10.3. The van der Waals surface area contributed by atoms with Crippen LogP contribution in [0.1, 0.15) is 39.8 Å². The van der Waals surface area contributed by atoms with Gasteiger partial charge < -0.3 is 5.32 Å². The molecule has 1 fully saturated rings. The fraction of sp³-hybridized carbons (Fsp3) is 0.333. The predicted octanol–water partition coefficient (Wildman–Crippen LogP) is 3.04. The van der Waals surface area contributed by atoms with Gasteiger partial charge in [-0.3, -0.25) is 14.2 Å². The molecule has 1 aliphatic rings. The first-order valence-corrected chi connectivity index (χ1v) is 10.2. The monoisotopic (exact) mass is 386 g/mol. The summed E-state index contributed by atoms with van der Waals surface area (Å²) in [6.07, 6.45) is 3.82. The van der Waals surface area contributed by atoms with Crippen molar-refractivity contribution in [3.05, 3.63) is 56.5 Å². The molecule has 0 spiro atoms. The Morgan fingerprint density at radius 2 is 2.27 bits per heavy atom. The molecule has 3 aromatic rings. The molecule has 0 aliphatic heterocycles. The van der Waals surface area contributed by atoms with Crippen LogP contribution in [0.3, 0.4) is 0 Å². The molecule has 3 aromatic heterocycles. The van der Waals surface area contributed by atoms with Crippen molar-refractivity contribution in [2.45, 2.75) is 32.2 Å². The van der Waals surface area contributed by atoms with Gasteiger partial charge >= 0.3 is 0 Å². The molecule has 0 unspecified atom stereocenters. The Morgan fingerprint density at radius 1 is 1.42 bits per heavy atom. The Kier molecular flexibility index (Phi) is 4.69. The largest absolute Gasteiger partial charge is 0.349 e. The van der Waals surface area contributed by atoms with E-state index in [1.807, 2.05) is 24.4 Å². The summed E-state index contributed by atoms with van der Waals surface area (Å²) in [6, 6.07) is 5.58. The topological polar surface area (TPSA) is 76.9 Å². The molecule has 1 N–H and O–H groups in total. The minimum absolute atomic E-state index is 0.0647. The third-order valence-corrected chi connectivity index (χ3v) is 6.46. The van der Waals surface area contributed by atoms with Gasteiger partial charge in [0.1, 0.15) is 9.88 Å². The second kappa shape index (κ2) is 7.13. The van der Waals surface area contributed by atoms with Crippen molar-refractivity contribution in [1.82, 2.24) is 19.9 Å². The van der Waals surface area contributed by atoms with Crippen molar-refractivity contribution in [3.8, 4) is 9.88 Å². The highest BCUT2D eigenvalue weighted by Gasteiger charge is 2.25. The third kappa shape index (κ3) is 3.61. The van der Waals surface area contributed by atoms with Gasteiger partial charge in [0.05, 0.1) is 22.6 Å². The van der Waals surface area contributed by atoms with E-state index >= 15 is 0 Å². The zero-order valence-corrected chi connectivity index (χ0v) is 15.9. The van der Waals surface area contributed by atoms with Crippen LogP contribution in [0.25, 0.3) is 9.88 Å². The minimum atomic E-state index is -0.154. The first-order valence-electron chi connectivity index (χ1n) is 8.47. The number of carbonyl (C=O) groups is 1. The predicted molar refractivity (Wildman–Crippen MR) is 103 cm³/mol. The summed E-state index contributed by atoms with van der Waals surface area (Å²) >= 11 is 3.00. The van der Waals surface area contributed by atoms with E-state index in [-0.39, 0.29) is 11.5 Å². The van der Waals surface area contributed by atoms with Gasteiger partial charge in [-0.05, 0) is 31.2 Å². The van der Waals surface area contributed by atoms with Crippen LogP contribution in [0, 0.1) is 6.92 Å². The summed E-state index contributed by atoms with van der Waals surface area (Å²) in [4.78, 5) is 35.1. The Morgan fingerprint density at radius 3 is 2.96 bits per heavy atom. The standard InChI is InChI=1S/C18H18N4O2S2/c1-11-16(26-18(21-11)14-3-2-8-25-14)17(24)19-6-7-22-10-20-13(9-15(22)23)12-4-5-12/h2-3,8-10,12H,4-7H2,1H3,(H,19,24). The molecular weight excluding hydrogens is 368 g/mol. The van der Waals surface area contributed by atoms with Gasteiger partial charge in [0.2, 0.25) is 0 Å². The van der Waals surface area contributed by atoms with Gasteiger partial charge in [-0.1, -0.05) is 6.07 Å². The van der Waals surface area contributed by atoms with Crippen LogP contribution < -0.4 is 10.9 Å². The molecule has 3 heterocycles. The first-order chi connectivity index (χ1) is 12.6. The van der Waals surface area contributed by atoms with Gasteiger partial charge in [0.15, 0.2) is 0 Å². The molecule has 8 heteroatoms. The number of thiazole rings is 1. The smallest absolute Gasteiger partial charge is 0.263 e. The lowest BCUT2D eigenvalue weighted by Crippen LogP contribution is -2.30. The number of rotatable bonds is 6. The fourth-order valence-corrected chi connectivity index (χ4v) is 4.47. The number of aryl methyl sites for hydroxylation is 1. The van der Waals surface area contributed by atoms with E-state index in [1.54, 1.807) is 23.7 Å². The molecule has 1 saturated carbocycles. The highest BCUT2D eigenvalue weighted by molar-refractivity contribution is 7.22. The quantitative estimate of drug-likeness (QED) is 0.706. The molecule has 1 amide bonds. The van der Waals surface area contributed by atoms with Crippen LogP contribution in [0.4, 0.5) is 0 Å². The maximum atomic E-state index is 12.4. The highest BCUT2D eigenvalue weighted by Crippen LogP contribution is 2.38. The van der Waals surface area contributed by atoms with Gasteiger partial charge in [-0.25, -0.2) is 9.97 Å². The summed E-state index contributed by atoms with van der Waals surface area (Å²) in [5.41, 5.74) is 1.55. The summed E-state index contributed by atoms with van der Waals surface area (Å²) in [7, 11) is 0. The molecule has 0 saturated heterocycles. The second-order valence-corrected chi connectivity index (χ2v) is 8.23. The second-order valence-electron chi connectivity index (χ2n) is 6.29. The van der Waals surface area contributed by atoms with Gasteiger partial charge in [-0.15, -0.1) is 22.7 Å². The number of carbonyl (C=O) groups excluding carboxylic acids is 1. The molecule has 0 radical (unpaired) electrons. The minimum Gasteiger partial charge on any atom is -0.349 e. The number of nitrogens with one attached hydrogen (secondary N) is 1. The number of hydrogen-bond acceptors (Lipinski definition) is 6. The number of aromatic nitrogens is 3. The van der Waals surface area contributed by atoms with Crippen molar-refractivity contribution < 1.29 is 4.79 Å². The zero-order valence-electron chi connectivity index (χ0n) is 14.3. The van der Waals surface area contributed by atoms with E-state index in [2.05, 4.69) is 15.3 Å². The van der Waals surface area contributed by atoms with Gasteiger partial charge in [0, 0.05) is 25.1 Å². The van der Waals surface area contributed by atoms with E-state index in [1.165, 1.54) is 15.9 Å². The van der Waals surface area contributed by atoms with Gasteiger partial charge in [0.25, 0.3) is 11.5 Å². The molecule has 26 heavy (non-hydrogen) atoms. The molecule has 0 aromatic carbocycles. The number of amides is 1. The summed E-state index contributed by atoms with van der Waals surface area (Å²) in [5.74, 6) is 0.308. The van der Waals surface area contributed by atoms with Crippen LogP contribution in [0.15, 0.2) is 34.7 Å². The maximum absolute atomic E-state index is 12.4. The average molecular weight is 387 g/mol. The van der Waals surface area contributed by atoms with Crippen molar-refractivity contribution in [1.29, 1.82) is 0 Å². The average Bonchev–Trinajstić information content (AvgIpc) is 3.18. The van der Waals surface area contributed by atoms with Crippen molar-refractivity contribution >= 4 is 28.6 Å². The number of hydrogen-bond donors (Lipinski definition) is 1. The molecular formula is C18H18N4O2S2. The third-order valence-electron chi connectivity index (χ3n) is 4.27. The normalized spacial score (nSPS) is 13.7. The van der Waals surface area contributed by atoms with Crippen LogP contribution in [0.5, 0.6) is 0 Å². The van der Waals surface area contributed by atoms with Crippen LogP contribution >= 0.6 is 22.7 Å².